The van der Waals surface area contributed by atoms with Crippen LogP contribution >= 0.6 is 11.6 Å². The number of hydrogen-bond donors (Lipinski definition) is 0. The molecule has 0 aliphatic heterocycles. The average Bonchev–Trinajstić information content (AvgIpc) is 2.81. The third-order valence-corrected chi connectivity index (χ3v) is 3.93. The molecule has 0 saturated heterocycles. The fourth-order valence-electron chi connectivity index (χ4n) is 2.28. The van der Waals surface area contributed by atoms with Gasteiger partial charge in [0, 0.05) is 23.5 Å². The molecular weight excluding hydrogens is 319 g/mol. The lowest BCUT2D eigenvalue weighted by Crippen LogP contribution is -2.01. The molecule has 2 aromatic carbocycles. The van der Waals surface area contributed by atoms with Gasteiger partial charge in [-0.15, -0.1) is 0 Å². The molecule has 0 spiro atoms. The van der Waals surface area contributed by atoms with Crippen molar-refractivity contribution in [3.63, 3.8) is 0 Å². The maximum absolute atomic E-state index is 12.8. The van der Waals surface area contributed by atoms with Crippen LogP contribution in [0.2, 0.25) is 5.15 Å². The first-order chi connectivity index (χ1) is 11.1. The Balaban J connectivity index is 1.82. The summed E-state index contributed by atoms with van der Waals surface area (Å²) in [6, 6.07) is 12.7. The van der Waals surface area contributed by atoms with Crippen molar-refractivity contribution < 1.29 is 14.0 Å². The smallest absolute Gasteiger partial charge is 0.334 e. The number of fused-ring (bicyclic) bond motifs is 1. The first kappa shape index (κ1) is 15.2. The van der Waals surface area contributed by atoms with Crippen molar-refractivity contribution in [3.05, 3.63) is 70.6 Å². The molecule has 3 aromatic rings. The largest absolute Gasteiger partial charge is 0.365 e. The summed E-state index contributed by atoms with van der Waals surface area (Å²) < 4.78 is 14.6. The zero-order chi connectivity index (χ0) is 16.4. The number of para-hydroxylation sites is 1. The van der Waals surface area contributed by atoms with E-state index in [2.05, 4.69) is 5.16 Å². The van der Waals surface area contributed by atoms with Gasteiger partial charge in [-0.25, -0.2) is 9.18 Å². The maximum Gasteiger partial charge on any atom is 0.365 e. The van der Waals surface area contributed by atoms with Crippen LogP contribution < -0.4 is 0 Å². The summed E-state index contributed by atoms with van der Waals surface area (Å²) in [5, 5.41) is 5.10. The minimum atomic E-state index is -0.669. The van der Waals surface area contributed by atoms with Gasteiger partial charge in [-0.3, -0.25) is 0 Å². The molecule has 23 heavy (non-hydrogen) atoms. The summed E-state index contributed by atoms with van der Waals surface area (Å²) >= 11 is 6.28. The summed E-state index contributed by atoms with van der Waals surface area (Å²) in [6.45, 7) is 0. The van der Waals surface area contributed by atoms with E-state index in [0.29, 0.717) is 10.7 Å². The number of rotatable bonds is 3. The van der Waals surface area contributed by atoms with Gasteiger partial charge in [0.05, 0.1) is 11.8 Å². The number of carbonyl (C=O) groups excluding carboxylic acids is 1. The number of carbonyl (C=O) groups is 1. The Morgan fingerprint density at radius 3 is 2.65 bits per heavy atom. The zero-order valence-corrected chi connectivity index (χ0v) is 12.9. The van der Waals surface area contributed by atoms with Gasteiger partial charge in [0.25, 0.3) is 0 Å². The van der Waals surface area contributed by atoms with Crippen molar-refractivity contribution in [2.45, 2.75) is 0 Å². The molecule has 6 heteroatoms. The number of halogens is 2. The average molecular weight is 331 g/mol. The number of nitrogens with zero attached hydrogens (tertiary/aromatic N) is 2. The Bertz CT molecular complexity index is 901. The quantitative estimate of drug-likeness (QED) is 0.411. The van der Waals surface area contributed by atoms with Crippen LogP contribution in [0.1, 0.15) is 15.9 Å². The highest BCUT2D eigenvalue weighted by Crippen LogP contribution is 2.27. The van der Waals surface area contributed by atoms with Crippen LogP contribution in [0.25, 0.3) is 10.9 Å². The molecule has 0 atom stereocenters. The van der Waals surface area contributed by atoms with E-state index < -0.39 is 11.8 Å². The Morgan fingerprint density at radius 1 is 1.22 bits per heavy atom. The first-order valence-electron chi connectivity index (χ1n) is 6.81. The Morgan fingerprint density at radius 2 is 1.91 bits per heavy atom. The fourth-order valence-corrected chi connectivity index (χ4v) is 2.52. The maximum atomic E-state index is 12.8. The number of aryl methyl sites for hydroxylation is 1. The molecule has 116 valence electrons. The number of hydrogen-bond acceptors (Lipinski definition) is 3. The molecule has 0 radical (unpaired) electrons. The summed E-state index contributed by atoms with van der Waals surface area (Å²) in [4.78, 5) is 16.6. The van der Waals surface area contributed by atoms with Crippen molar-refractivity contribution in [2.75, 3.05) is 0 Å². The second-order valence-corrected chi connectivity index (χ2v) is 5.26. The predicted molar refractivity (Wildman–Crippen MR) is 87.3 cm³/mol. The molecule has 0 amide bonds. The van der Waals surface area contributed by atoms with Gasteiger partial charge in [-0.05, 0) is 30.3 Å². The van der Waals surface area contributed by atoms with Gasteiger partial charge < -0.3 is 9.40 Å². The van der Waals surface area contributed by atoms with E-state index in [9.17, 15) is 9.18 Å². The fraction of sp³-hybridized carbons (Fsp3) is 0.0588. The molecule has 0 saturated carbocycles. The van der Waals surface area contributed by atoms with Gasteiger partial charge >= 0.3 is 5.97 Å². The molecule has 0 bridgehead atoms. The van der Waals surface area contributed by atoms with Crippen LogP contribution in [0.4, 0.5) is 4.39 Å². The zero-order valence-electron chi connectivity index (χ0n) is 12.2. The van der Waals surface area contributed by atoms with Crippen molar-refractivity contribution in [2.24, 2.45) is 12.2 Å². The first-order valence-corrected chi connectivity index (χ1v) is 7.19. The van der Waals surface area contributed by atoms with E-state index in [-0.39, 0.29) is 5.56 Å². The van der Waals surface area contributed by atoms with E-state index in [4.69, 9.17) is 16.4 Å². The highest BCUT2D eigenvalue weighted by molar-refractivity contribution is 6.34. The molecular formula is C17H12ClFN2O2. The molecule has 0 N–H and O–H groups in total. The summed E-state index contributed by atoms with van der Waals surface area (Å²) in [5.74, 6) is -1.09. The topological polar surface area (TPSA) is 43.6 Å². The van der Waals surface area contributed by atoms with Gasteiger partial charge in [0.15, 0.2) is 0 Å². The molecule has 4 nitrogen and oxygen atoms in total. The number of oxime groups is 1. The molecule has 0 unspecified atom stereocenters. The SMILES string of the molecule is Cn1c(Cl)c(/C=N\OC(=O)c2ccc(F)cc2)c2ccccc21. The van der Waals surface area contributed by atoms with E-state index in [1.165, 1.54) is 30.5 Å². The Labute approximate surface area is 136 Å². The second-order valence-electron chi connectivity index (χ2n) is 4.90. The Hall–Kier alpha value is -2.66. The minimum Gasteiger partial charge on any atom is -0.334 e. The molecule has 1 heterocycles. The van der Waals surface area contributed by atoms with Crippen LogP contribution in [0, 0.1) is 5.82 Å². The third kappa shape index (κ3) is 2.96. The van der Waals surface area contributed by atoms with E-state index in [0.717, 1.165) is 10.9 Å². The van der Waals surface area contributed by atoms with E-state index in [1.807, 2.05) is 35.9 Å². The van der Waals surface area contributed by atoms with Crippen molar-refractivity contribution in [1.82, 2.24) is 4.57 Å². The van der Waals surface area contributed by atoms with Gasteiger partial charge in [0.1, 0.15) is 11.0 Å². The number of benzene rings is 2. The van der Waals surface area contributed by atoms with Crippen LogP contribution in [-0.2, 0) is 11.9 Å². The third-order valence-electron chi connectivity index (χ3n) is 3.47. The highest BCUT2D eigenvalue weighted by Gasteiger charge is 2.12. The lowest BCUT2D eigenvalue weighted by molar-refractivity contribution is 0.0519. The number of aromatic nitrogens is 1. The molecule has 3 rings (SSSR count). The summed E-state index contributed by atoms with van der Waals surface area (Å²) in [5.41, 5.74) is 1.83. The van der Waals surface area contributed by atoms with Gasteiger partial charge in [0.2, 0.25) is 0 Å². The van der Waals surface area contributed by atoms with E-state index in [1.54, 1.807) is 0 Å². The molecule has 0 aliphatic rings. The van der Waals surface area contributed by atoms with Crippen LogP contribution in [0.5, 0.6) is 0 Å². The molecule has 0 aliphatic carbocycles. The lowest BCUT2D eigenvalue weighted by Gasteiger charge is -1.97. The highest BCUT2D eigenvalue weighted by atomic mass is 35.5. The predicted octanol–water partition coefficient (Wildman–Crippen LogP) is 4.16. The minimum absolute atomic E-state index is 0.215. The van der Waals surface area contributed by atoms with Crippen molar-refractivity contribution in [1.29, 1.82) is 0 Å². The monoisotopic (exact) mass is 330 g/mol. The van der Waals surface area contributed by atoms with Crippen LogP contribution in [-0.4, -0.2) is 16.8 Å². The normalized spacial score (nSPS) is 11.3. The molecule has 1 aromatic heterocycles. The van der Waals surface area contributed by atoms with Crippen molar-refractivity contribution >= 4 is 34.7 Å². The van der Waals surface area contributed by atoms with Gasteiger partial charge in [-0.1, -0.05) is 35.0 Å². The van der Waals surface area contributed by atoms with Gasteiger partial charge in [-0.2, -0.15) is 0 Å². The van der Waals surface area contributed by atoms with Crippen LogP contribution in [0.3, 0.4) is 0 Å². The second kappa shape index (κ2) is 6.22. The Kier molecular flexibility index (Phi) is 4.12. The molecule has 0 fully saturated rings. The summed E-state index contributed by atoms with van der Waals surface area (Å²) in [7, 11) is 1.84. The van der Waals surface area contributed by atoms with Crippen molar-refractivity contribution in [3.8, 4) is 0 Å². The lowest BCUT2D eigenvalue weighted by atomic mass is 10.2. The van der Waals surface area contributed by atoms with E-state index >= 15 is 0 Å². The standard InChI is InChI=1S/C17H12ClFN2O2/c1-21-15-5-3-2-4-13(15)14(16(21)18)10-20-23-17(22)11-6-8-12(19)9-7-11/h2-10H,1H3/b20-10-. The van der Waals surface area contributed by atoms with Crippen LogP contribution in [0.15, 0.2) is 53.7 Å². The summed E-state index contributed by atoms with van der Waals surface area (Å²) in [6.07, 6.45) is 1.39.